The largest absolute Gasteiger partial charge is 0.355 e. The number of aliphatic hydroxyl groups is 1. The molecule has 1 aliphatic rings. The van der Waals surface area contributed by atoms with Gasteiger partial charge in [-0.15, -0.1) is 0 Å². The Morgan fingerprint density at radius 3 is 2.55 bits per heavy atom. The summed E-state index contributed by atoms with van der Waals surface area (Å²) in [6.45, 7) is 6.94. The molecular weight excluding hydrogens is 276 g/mol. The number of H-pyrrole nitrogens is 1. The van der Waals surface area contributed by atoms with Crippen LogP contribution in [-0.2, 0) is 12.0 Å². The number of hydrogen-bond donors (Lipinski definition) is 3. The van der Waals surface area contributed by atoms with Gasteiger partial charge >= 0.3 is 0 Å². The molecule has 1 aromatic heterocycles. The Labute approximate surface area is 129 Å². The maximum atomic E-state index is 10.3. The first-order valence-corrected chi connectivity index (χ1v) is 7.43. The van der Waals surface area contributed by atoms with Crippen LogP contribution in [0.1, 0.15) is 32.0 Å². The Morgan fingerprint density at radius 2 is 1.95 bits per heavy atom. The van der Waals surface area contributed by atoms with Crippen LogP contribution in [0.5, 0.6) is 0 Å². The number of nitrogens with zero attached hydrogens (tertiary/aromatic N) is 2. The monoisotopic (exact) mass is 298 g/mol. The number of aliphatic hydroxyl groups excluding tert-OH is 1. The molecule has 1 aromatic carbocycles. The minimum absolute atomic E-state index is 0.0132. The van der Waals surface area contributed by atoms with Crippen molar-refractivity contribution in [3.05, 3.63) is 52.3 Å². The predicted molar refractivity (Wildman–Crippen MR) is 87.6 cm³/mol. The van der Waals surface area contributed by atoms with Crippen molar-refractivity contribution in [3.63, 3.8) is 0 Å². The third-order valence-electron chi connectivity index (χ3n) is 3.88. The molecule has 5 heteroatoms. The number of aromatic nitrogens is 1. The summed E-state index contributed by atoms with van der Waals surface area (Å²) in [6.07, 6.45) is 0.999. The van der Waals surface area contributed by atoms with Gasteiger partial charge < -0.3 is 20.7 Å². The molecule has 3 rings (SSSR count). The van der Waals surface area contributed by atoms with Crippen LogP contribution in [0.4, 0.5) is 5.69 Å². The summed E-state index contributed by atoms with van der Waals surface area (Å²) in [6, 6.07) is 9.90. The van der Waals surface area contributed by atoms with E-state index < -0.39 is 6.35 Å². The Balaban J connectivity index is 2.03. The summed E-state index contributed by atoms with van der Waals surface area (Å²) in [7, 11) is 0. The van der Waals surface area contributed by atoms with Crippen LogP contribution >= 0.6 is 0 Å². The predicted octanol–water partition coefficient (Wildman–Crippen LogP) is 0.925. The van der Waals surface area contributed by atoms with Gasteiger partial charge in [-0.2, -0.15) is 0 Å². The lowest BCUT2D eigenvalue weighted by atomic mass is 9.92. The van der Waals surface area contributed by atoms with E-state index in [1.54, 1.807) is 4.90 Å². The summed E-state index contributed by atoms with van der Waals surface area (Å²) < 4.78 is 0. The second kappa shape index (κ2) is 5.26. The van der Waals surface area contributed by atoms with Crippen molar-refractivity contribution >= 4 is 11.9 Å². The summed E-state index contributed by atoms with van der Waals surface area (Å²) >= 11 is 0. The molecule has 0 aliphatic carbocycles. The van der Waals surface area contributed by atoms with Crippen molar-refractivity contribution in [2.45, 2.75) is 39.1 Å². The van der Waals surface area contributed by atoms with Crippen LogP contribution in [0.2, 0.25) is 0 Å². The average Bonchev–Trinajstić information content (AvgIpc) is 2.89. The fourth-order valence-corrected chi connectivity index (χ4v) is 2.48. The fourth-order valence-electron chi connectivity index (χ4n) is 2.48. The summed E-state index contributed by atoms with van der Waals surface area (Å²) in [4.78, 5) is 9.40. The van der Waals surface area contributed by atoms with E-state index in [1.807, 2.05) is 30.5 Å². The van der Waals surface area contributed by atoms with E-state index in [2.05, 4.69) is 36.8 Å². The van der Waals surface area contributed by atoms with Crippen LogP contribution in [0.15, 0.2) is 35.3 Å². The lowest BCUT2D eigenvalue weighted by Gasteiger charge is -2.25. The third-order valence-corrected chi connectivity index (χ3v) is 3.88. The zero-order valence-corrected chi connectivity index (χ0v) is 13.2. The lowest BCUT2D eigenvalue weighted by molar-refractivity contribution is 0.186. The van der Waals surface area contributed by atoms with E-state index in [1.165, 1.54) is 0 Å². The van der Waals surface area contributed by atoms with Gasteiger partial charge in [0, 0.05) is 34.8 Å². The smallest absolute Gasteiger partial charge is 0.231 e. The quantitative estimate of drug-likeness (QED) is 0.771. The summed E-state index contributed by atoms with van der Waals surface area (Å²) in [5.41, 5.74) is 9.41. The van der Waals surface area contributed by atoms with Crippen molar-refractivity contribution in [1.29, 1.82) is 0 Å². The van der Waals surface area contributed by atoms with Crippen molar-refractivity contribution in [3.8, 4) is 0 Å². The van der Waals surface area contributed by atoms with Gasteiger partial charge in [-0.3, -0.25) is 0 Å². The fraction of sp³-hybridized carbons (Fsp3) is 0.353. The van der Waals surface area contributed by atoms with E-state index in [4.69, 9.17) is 5.73 Å². The van der Waals surface area contributed by atoms with E-state index in [0.29, 0.717) is 6.54 Å². The highest BCUT2D eigenvalue weighted by Gasteiger charge is 2.20. The van der Waals surface area contributed by atoms with Crippen LogP contribution in [0, 0.1) is 0 Å². The first kappa shape index (κ1) is 14.8. The lowest BCUT2D eigenvalue weighted by Crippen LogP contribution is -2.41. The van der Waals surface area contributed by atoms with Crippen molar-refractivity contribution in [2.24, 2.45) is 10.7 Å². The van der Waals surface area contributed by atoms with Gasteiger partial charge in [0.2, 0.25) is 6.35 Å². The number of benzene rings is 1. The van der Waals surface area contributed by atoms with Gasteiger partial charge in [-0.1, -0.05) is 32.9 Å². The topological polar surface area (TPSA) is 77.6 Å². The molecule has 0 spiro atoms. The van der Waals surface area contributed by atoms with Crippen LogP contribution in [-0.4, -0.2) is 16.4 Å². The molecule has 116 valence electrons. The SMILES string of the molecule is CC(C)(C)c1cc2c([nH]1)=NC(O)N(c1ccc(CN)cc1)C=2. The van der Waals surface area contributed by atoms with Crippen LogP contribution in [0.25, 0.3) is 6.20 Å². The highest BCUT2D eigenvalue weighted by molar-refractivity contribution is 5.60. The molecular formula is C17H22N4O. The minimum Gasteiger partial charge on any atom is -0.355 e. The molecule has 2 aromatic rings. The van der Waals surface area contributed by atoms with E-state index in [0.717, 1.165) is 27.7 Å². The Kier molecular flexibility index (Phi) is 3.54. The number of nitrogens with two attached hydrogens (primary N) is 1. The first-order chi connectivity index (χ1) is 10.4. The minimum atomic E-state index is -0.928. The van der Waals surface area contributed by atoms with E-state index >= 15 is 0 Å². The Bertz CT molecular complexity index is 784. The molecule has 1 atom stereocenters. The first-order valence-electron chi connectivity index (χ1n) is 7.43. The van der Waals surface area contributed by atoms with E-state index in [9.17, 15) is 5.11 Å². The van der Waals surface area contributed by atoms with Crippen molar-refractivity contribution in [1.82, 2.24) is 4.98 Å². The molecule has 0 saturated carbocycles. The van der Waals surface area contributed by atoms with Gasteiger partial charge in [0.25, 0.3) is 0 Å². The summed E-state index contributed by atoms with van der Waals surface area (Å²) in [5, 5.41) is 11.3. The highest BCUT2D eigenvalue weighted by atomic mass is 16.3. The standard InChI is InChI=1S/C17H22N4O/c1-17(2,3)14-8-12-10-21(16(22)20-15(12)19-14)13-6-4-11(9-18)5-7-13/h4-8,10,16,22H,9,18H2,1-3H3,(H,19,20). The van der Waals surface area contributed by atoms with Crippen molar-refractivity contribution < 1.29 is 5.11 Å². The second-order valence-electron chi connectivity index (χ2n) is 6.62. The van der Waals surface area contributed by atoms with Gasteiger partial charge in [0.15, 0.2) is 0 Å². The number of fused-ring (bicyclic) bond motifs is 1. The van der Waals surface area contributed by atoms with Gasteiger partial charge in [-0.05, 0) is 23.8 Å². The maximum absolute atomic E-state index is 10.3. The van der Waals surface area contributed by atoms with Crippen molar-refractivity contribution in [2.75, 3.05) is 4.90 Å². The molecule has 0 fully saturated rings. The van der Waals surface area contributed by atoms with Gasteiger partial charge in [0.1, 0.15) is 5.49 Å². The molecule has 2 heterocycles. The second-order valence-corrected chi connectivity index (χ2v) is 6.62. The van der Waals surface area contributed by atoms with Gasteiger partial charge in [-0.25, -0.2) is 4.99 Å². The van der Waals surface area contributed by atoms with Gasteiger partial charge in [0.05, 0.1) is 0 Å². The Hall–Kier alpha value is -2.11. The number of hydrogen-bond acceptors (Lipinski definition) is 4. The third kappa shape index (κ3) is 2.65. The molecule has 4 N–H and O–H groups in total. The average molecular weight is 298 g/mol. The molecule has 22 heavy (non-hydrogen) atoms. The van der Waals surface area contributed by atoms with Crippen LogP contribution < -0.4 is 21.3 Å². The zero-order chi connectivity index (χ0) is 15.9. The molecule has 5 nitrogen and oxygen atoms in total. The molecule has 0 radical (unpaired) electrons. The Morgan fingerprint density at radius 1 is 1.27 bits per heavy atom. The molecule has 1 aliphatic heterocycles. The maximum Gasteiger partial charge on any atom is 0.231 e. The molecule has 1 unspecified atom stereocenters. The summed E-state index contributed by atoms with van der Waals surface area (Å²) in [5.74, 6) is 0. The highest BCUT2D eigenvalue weighted by Crippen LogP contribution is 2.20. The molecule has 0 bridgehead atoms. The van der Waals surface area contributed by atoms with E-state index in [-0.39, 0.29) is 5.41 Å². The molecule has 0 saturated heterocycles. The van der Waals surface area contributed by atoms with Crippen LogP contribution in [0.3, 0.4) is 0 Å². The number of rotatable bonds is 2. The zero-order valence-electron chi connectivity index (χ0n) is 13.2. The number of aromatic amines is 1. The number of anilines is 1. The number of nitrogens with one attached hydrogen (secondary N) is 1. The normalized spacial score (nSPS) is 17.7. The molecule has 0 amide bonds.